The van der Waals surface area contributed by atoms with Crippen molar-refractivity contribution >= 4 is 17.3 Å². The van der Waals surface area contributed by atoms with Crippen molar-refractivity contribution in [1.82, 2.24) is 4.90 Å². The standard InChI is InChI=1S/C24H36FN3O3/c1-26-8-4-20(5-9-26)18-28(24(29)16-19-6-12-30-13-7-19)21-2-3-23(22(25)17-21)27-10-14-31-15-11-27/h2-3,17,19-20H,4-16,18H2,1H3. The molecule has 3 fully saturated rings. The van der Waals surface area contributed by atoms with E-state index in [1.165, 1.54) is 0 Å². The predicted octanol–water partition coefficient (Wildman–Crippen LogP) is 3.15. The third-order valence-electron chi connectivity index (χ3n) is 6.98. The summed E-state index contributed by atoms with van der Waals surface area (Å²) in [6, 6.07) is 5.31. The Kier molecular flexibility index (Phi) is 7.80. The van der Waals surface area contributed by atoms with Crippen LogP contribution in [-0.2, 0) is 14.3 Å². The van der Waals surface area contributed by atoms with Crippen molar-refractivity contribution in [3.8, 4) is 0 Å². The fourth-order valence-corrected chi connectivity index (χ4v) is 4.89. The van der Waals surface area contributed by atoms with E-state index in [0.717, 1.165) is 52.0 Å². The number of carbonyl (C=O) groups is 1. The number of piperidine rings is 1. The van der Waals surface area contributed by atoms with Crippen LogP contribution in [-0.4, -0.2) is 77.0 Å². The van der Waals surface area contributed by atoms with E-state index >= 15 is 4.39 Å². The minimum absolute atomic E-state index is 0.115. The summed E-state index contributed by atoms with van der Waals surface area (Å²) in [4.78, 5) is 19.6. The Morgan fingerprint density at radius 3 is 2.35 bits per heavy atom. The Labute approximate surface area is 185 Å². The molecular weight excluding hydrogens is 397 g/mol. The van der Waals surface area contributed by atoms with E-state index in [1.54, 1.807) is 6.07 Å². The summed E-state index contributed by atoms with van der Waals surface area (Å²) in [7, 11) is 2.14. The molecule has 0 saturated carbocycles. The summed E-state index contributed by atoms with van der Waals surface area (Å²) in [5.41, 5.74) is 1.29. The molecule has 3 aliphatic heterocycles. The van der Waals surface area contributed by atoms with Crippen molar-refractivity contribution in [3.05, 3.63) is 24.0 Å². The summed E-state index contributed by atoms with van der Waals surface area (Å²) in [6.07, 6.45) is 4.52. The molecule has 0 unspecified atom stereocenters. The number of nitrogens with zero attached hydrogens (tertiary/aromatic N) is 3. The zero-order valence-electron chi connectivity index (χ0n) is 18.7. The van der Waals surface area contributed by atoms with Crippen LogP contribution in [0.25, 0.3) is 0 Å². The van der Waals surface area contributed by atoms with Crippen molar-refractivity contribution < 1.29 is 18.7 Å². The zero-order valence-corrected chi connectivity index (χ0v) is 18.7. The van der Waals surface area contributed by atoms with Gasteiger partial charge in [0.15, 0.2) is 0 Å². The maximum Gasteiger partial charge on any atom is 0.227 e. The minimum atomic E-state index is -0.258. The fraction of sp³-hybridized carbons (Fsp3) is 0.708. The minimum Gasteiger partial charge on any atom is -0.381 e. The average Bonchev–Trinajstić information content (AvgIpc) is 2.80. The first-order valence-electron chi connectivity index (χ1n) is 11.8. The maximum atomic E-state index is 15.1. The number of rotatable bonds is 6. The van der Waals surface area contributed by atoms with Gasteiger partial charge in [0.25, 0.3) is 0 Å². The SMILES string of the molecule is CN1CCC(CN(C(=O)CC2CCOCC2)c2ccc(N3CCOCC3)c(F)c2)CC1. The lowest BCUT2D eigenvalue weighted by molar-refractivity contribution is -0.120. The van der Waals surface area contributed by atoms with Gasteiger partial charge in [0, 0.05) is 45.0 Å². The van der Waals surface area contributed by atoms with Crippen LogP contribution in [0.3, 0.4) is 0 Å². The maximum absolute atomic E-state index is 15.1. The molecule has 3 heterocycles. The first-order valence-corrected chi connectivity index (χ1v) is 11.8. The molecule has 4 rings (SSSR count). The van der Waals surface area contributed by atoms with E-state index in [2.05, 4.69) is 11.9 Å². The van der Waals surface area contributed by atoms with Crippen LogP contribution < -0.4 is 9.80 Å². The van der Waals surface area contributed by atoms with Crippen LogP contribution in [0.2, 0.25) is 0 Å². The number of hydrogen-bond donors (Lipinski definition) is 0. The Morgan fingerprint density at radius 2 is 1.68 bits per heavy atom. The van der Waals surface area contributed by atoms with Crippen LogP contribution >= 0.6 is 0 Å². The third-order valence-corrected chi connectivity index (χ3v) is 6.98. The number of ether oxygens (including phenoxy) is 2. The van der Waals surface area contributed by atoms with Gasteiger partial charge in [-0.2, -0.15) is 0 Å². The van der Waals surface area contributed by atoms with Crippen molar-refractivity contribution in [2.75, 3.05) is 76.0 Å². The molecule has 0 atom stereocenters. The summed E-state index contributed by atoms with van der Waals surface area (Å²) >= 11 is 0. The van der Waals surface area contributed by atoms with Gasteiger partial charge in [-0.25, -0.2) is 4.39 Å². The molecule has 0 aromatic heterocycles. The number of anilines is 2. The average molecular weight is 434 g/mol. The lowest BCUT2D eigenvalue weighted by atomic mass is 9.93. The molecule has 0 aliphatic carbocycles. The van der Waals surface area contributed by atoms with Gasteiger partial charge in [0.05, 0.1) is 18.9 Å². The molecule has 3 saturated heterocycles. The highest BCUT2D eigenvalue weighted by atomic mass is 19.1. The second-order valence-electron chi connectivity index (χ2n) is 9.25. The summed E-state index contributed by atoms with van der Waals surface area (Å²) in [5, 5.41) is 0. The van der Waals surface area contributed by atoms with Crippen molar-refractivity contribution in [2.45, 2.75) is 32.1 Å². The van der Waals surface area contributed by atoms with Gasteiger partial charge in [0.1, 0.15) is 5.82 Å². The number of carbonyl (C=O) groups excluding carboxylic acids is 1. The molecule has 172 valence electrons. The van der Waals surface area contributed by atoms with Gasteiger partial charge < -0.3 is 24.2 Å². The molecule has 7 heteroatoms. The van der Waals surface area contributed by atoms with Crippen LogP contribution in [0.4, 0.5) is 15.8 Å². The topological polar surface area (TPSA) is 45.2 Å². The Hall–Kier alpha value is -1.70. The molecule has 31 heavy (non-hydrogen) atoms. The summed E-state index contributed by atoms with van der Waals surface area (Å²) in [5.74, 6) is 0.673. The summed E-state index contributed by atoms with van der Waals surface area (Å²) < 4.78 is 25.9. The largest absolute Gasteiger partial charge is 0.381 e. The molecular formula is C24H36FN3O3. The smallest absolute Gasteiger partial charge is 0.227 e. The number of amides is 1. The Balaban J connectivity index is 1.50. The van der Waals surface area contributed by atoms with Gasteiger partial charge in [-0.15, -0.1) is 0 Å². The number of likely N-dealkylation sites (tertiary alicyclic amines) is 1. The molecule has 0 spiro atoms. The lowest BCUT2D eigenvalue weighted by Gasteiger charge is -2.34. The Morgan fingerprint density at radius 1 is 1.00 bits per heavy atom. The molecule has 0 radical (unpaired) electrons. The highest BCUT2D eigenvalue weighted by Gasteiger charge is 2.27. The van der Waals surface area contributed by atoms with Crippen molar-refractivity contribution in [3.63, 3.8) is 0 Å². The van der Waals surface area contributed by atoms with Gasteiger partial charge >= 0.3 is 0 Å². The monoisotopic (exact) mass is 433 g/mol. The first-order chi connectivity index (χ1) is 15.1. The predicted molar refractivity (Wildman–Crippen MR) is 120 cm³/mol. The molecule has 0 N–H and O–H groups in total. The highest BCUT2D eigenvalue weighted by Crippen LogP contribution is 2.29. The van der Waals surface area contributed by atoms with E-state index in [1.807, 2.05) is 21.9 Å². The van der Waals surface area contributed by atoms with E-state index in [-0.39, 0.29) is 11.7 Å². The second-order valence-corrected chi connectivity index (χ2v) is 9.25. The van der Waals surface area contributed by atoms with Crippen LogP contribution in [0.15, 0.2) is 18.2 Å². The molecule has 6 nitrogen and oxygen atoms in total. The number of morpholine rings is 1. The number of benzene rings is 1. The second kappa shape index (κ2) is 10.7. The van der Waals surface area contributed by atoms with Crippen LogP contribution in [0.5, 0.6) is 0 Å². The van der Waals surface area contributed by atoms with Crippen molar-refractivity contribution in [2.24, 2.45) is 11.8 Å². The highest BCUT2D eigenvalue weighted by molar-refractivity contribution is 5.93. The Bertz CT molecular complexity index is 727. The molecule has 1 amide bonds. The van der Waals surface area contributed by atoms with E-state index in [4.69, 9.17) is 9.47 Å². The number of hydrogen-bond acceptors (Lipinski definition) is 5. The zero-order chi connectivity index (χ0) is 21.6. The van der Waals surface area contributed by atoms with E-state index in [9.17, 15) is 4.79 Å². The van der Waals surface area contributed by atoms with Crippen molar-refractivity contribution in [1.29, 1.82) is 0 Å². The molecule has 3 aliphatic rings. The van der Waals surface area contributed by atoms with E-state index in [0.29, 0.717) is 62.5 Å². The first kappa shape index (κ1) is 22.5. The van der Waals surface area contributed by atoms with Gasteiger partial charge in [0.2, 0.25) is 5.91 Å². The normalized spacial score (nSPS) is 21.9. The lowest BCUT2D eigenvalue weighted by Crippen LogP contribution is -2.41. The van der Waals surface area contributed by atoms with Crippen LogP contribution in [0, 0.1) is 17.7 Å². The molecule has 1 aromatic carbocycles. The molecule has 0 bridgehead atoms. The summed E-state index contributed by atoms with van der Waals surface area (Å²) in [6.45, 7) is 6.86. The fourth-order valence-electron chi connectivity index (χ4n) is 4.89. The third kappa shape index (κ3) is 5.96. The van der Waals surface area contributed by atoms with Gasteiger partial charge in [-0.3, -0.25) is 4.79 Å². The van der Waals surface area contributed by atoms with Gasteiger partial charge in [-0.05, 0) is 75.9 Å². The van der Waals surface area contributed by atoms with Crippen LogP contribution in [0.1, 0.15) is 32.1 Å². The van der Waals surface area contributed by atoms with Gasteiger partial charge in [-0.1, -0.05) is 0 Å². The quantitative estimate of drug-likeness (QED) is 0.690. The number of halogens is 1. The van der Waals surface area contributed by atoms with E-state index < -0.39 is 0 Å². The molecule has 1 aromatic rings.